The van der Waals surface area contributed by atoms with Crippen LogP contribution in [0.25, 0.3) is 11.1 Å². The molecule has 0 saturated carbocycles. The van der Waals surface area contributed by atoms with Crippen molar-refractivity contribution in [3.63, 3.8) is 0 Å². The highest BCUT2D eigenvalue weighted by molar-refractivity contribution is 5.94. The van der Waals surface area contributed by atoms with E-state index in [1.165, 1.54) is 0 Å². The lowest BCUT2D eigenvalue weighted by Crippen LogP contribution is -2.09. The minimum Gasteiger partial charge on any atom is -0.508 e. The molecule has 0 spiro atoms. The molecule has 0 radical (unpaired) electrons. The lowest BCUT2D eigenvalue weighted by molar-refractivity contribution is 0.275. The summed E-state index contributed by atoms with van der Waals surface area (Å²) in [5.74, 6) is 0.999. The Balaban J connectivity index is 2.10. The van der Waals surface area contributed by atoms with E-state index in [-0.39, 0.29) is 18.1 Å². The van der Waals surface area contributed by atoms with Crippen molar-refractivity contribution in [2.24, 2.45) is 0 Å². The van der Waals surface area contributed by atoms with Gasteiger partial charge in [0.15, 0.2) is 0 Å². The van der Waals surface area contributed by atoms with Gasteiger partial charge in [0.1, 0.15) is 23.9 Å². The molecule has 0 aromatic heterocycles. The Bertz CT molecular complexity index is 732. The Labute approximate surface area is 122 Å². The van der Waals surface area contributed by atoms with Gasteiger partial charge < -0.3 is 20.1 Å². The molecule has 0 saturated heterocycles. The third-order valence-electron chi connectivity index (χ3n) is 3.80. The smallest absolute Gasteiger partial charge is 0.127 e. The summed E-state index contributed by atoms with van der Waals surface area (Å²) in [5.41, 5.74) is 4.14. The van der Waals surface area contributed by atoms with Crippen LogP contribution in [-0.2, 0) is 6.61 Å². The molecule has 108 valence electrons. The maximum Gasteiger partial charge on any atom is 0.127 e. The first-order valence-electron chi connectivity index (χ1n) is 6.69. The van der Waals surface area contributed by atoms with Crippen LogP contribution >= 0.6 is 0 Å². The summed E-state index contributed by atoms with van der Waals surface area (Å²) in [6.07, 6.45) is 0. The van der Waals surface area contributed by atoms with E-state index >= 15 is 0 Å². The molecule has 0 bridgehead atoms. The number of aliphatic hydroxyl groups excluding tert-OH is 1. The van der Waals surface area contributed by atoms with E-state index in [1.807, 2.05) is 13.0 Å². The summed E-state index contributed by atoms with van der Waals surface area (Å²) in [6, 6.07) is 10.2. The minimum atomic E-state index is -0.197. The van der Waals surface area contributed by atoms with E-state index in [2.05, 4.69) is 0 Å². The molecule has 2 aromatic rings. The van der Waals surface area contributed by atoms with Crippen LogP contribution in [0.3, 0.4) is 0 Å². The predicted octanol–water partition coefficient (Wildman–Crippen LogP) is 2.91. The van der Waals surface area contributed by atoms with Crippen LogP contribution in [0.15, 0.2) is 36.4 Å². The SMILES string of the molecule is CC1=C(c2ccc(CO)c(O)c2)COc2ccc(O)cc21. The molecule has 0 amide bonds. The number of aromatic hydroxyl groups is 2. The fourth-order valence-electron chi connectivity index (χ4n) is 2.54. The molecular formula is C17H16O4. The molecule has 2 aromatic carbocycles. The zero-order valence-corrected chi connectivity index (χ0v) is 11.6. The standard InChI is InChI=1S/C17H16O4/c1-10-14-7-13(19)4-5-17(14)21-9-15(10)11-2-3-12(8-18)16(20)6-11/h2-7,18-20H,8-9H2,1H3. The van der Waals surface area contributed by atoms with Gasteiger partial charge in [0, 0.05) is 16.7 Å². The third kappa shape index (κ3) is 2.34. The second kappa shape index (κ2) is 5.14. The summed E-state index contributed by atoms with van der Waals surface area (Å²) < 4.78 is 5.71. The number of hydrogen-bond acceptors (Lipinski definition) is 4. The van der Waals surface area contributed by atoms with Gasteiger partial charge in [0.25, 0.3) is 0 Å². The minimum absolute atomic E-state index is 0.0667. The Hall–Kier alpha value is -2.46. The number of allylic oxidation sites excluding steroid dienone is 1. The number of fused-ring (bicyclic) bond motifs is 1. The highest BCUT2D eigenvalue weighted by Gasteiger charge is 2.19. The Morgan fingerprint density at radius 2 is 1.90 bits per heavy atom. The molecule has 0 fully saturated rings. The van der Waals surface area contributed by atoms with Gasteiger partial charge in [-0.25, -0.2) is 0 Å². The van der Waals surface area contributed by atoms with Gasteiger partial charge >= 0.3 is 0 Å². The maximum atomic E-state index is 9.88. The summed E-state index contributed by atoms with van der Waals surface area (Å²) in [5, 5.41) is 28.6. The monoisotopic (exact) mass is 284 g/mol. The fourth-order valence-corrected chi connectivity index (χ4v) is 2.54. The number of phenolic OH excluding ortho intramolecular Hbond substituents is 1. The van der Waals surface area contributed by atoms with Crippen LogP contribution < -0.4 is 4.74 Å². The first-order valence-corrected chi connectivity index (χ1v) is 6.69. The summed E-state index contributed by atoms with van der Waals surface area (Å²) in [7, 11) is 0. The molecule has 0 aliphatic carbocycles. The van der Waals surface area contributed by atoms with Crippen LogP contribution in [0.5, 0.6) is 17.2 Å². The number of benzene rings is 2. The largest absolute Gasteiger partial charge is 0.508 e. The number of phenols is 2. The fraction of sp³-hybridized carbons (Fsp3) is 0.176. The maximum absolute atomic E-state index is 9.88. The van der Waals surface area contributed by atoms with Crippen molar-refractivity contribution in [1.82, 2.24) is 0 Å². The van der Waals surface area contributed by atoms with Gasteiger partial charge in [-0.1, -0.05) is 12.1 Å². The highest BCUT2D eigenvalue weighted by atomic mass is 16.5. The molecule has 0 atom stereocenters. The van der Waals surface area contributed by atoms with E-state index in [1.54, 1.807) is 30.3 Å². The van der Waals surface area contributed by atoms with Gasteiger partial charge in [-0.15, -0.1) is 0 Å². The Morgan fingerprint density at radius 3 is 2.62 bits per heavy atom. The number of aliphatic hydroxyl groups is 1. The molecule has 4 nitrogen and oxygen atoms in total. The number of rotatable bonds is 2. The van der Waals surface area contributed by atoms with E-state index in [0.717, 1.165) is 28.0 Å². The molecular weight excluding hydrogens is 268 g/mol. The average molecular weight is 284 g/mol. The topological polar surface area (TPSA) is 69.9 Å². The lowest BCUT2D eigenvalue weighted by Gasteiger charge is -2.23. The molecule has 4 heteroatoms. The average Bonchev–Trinajstić information content (AvgIpc) is 2.48. The van der Waals surface area contributed by atoms with Gasteiger partial charge in [0.05, 0.1) is 6.61 Å². The van der Waals surface area contributed by atoms with Gasteiger partial charge in [-0.3, -0.25) is 0 Å². The van der Waals surface area contributed by atoms with Crippen molar-refractivity contribution in [2.45, 2.75) is 13.5 Å². The Kier molecular flexibility index (Phi) is 3.31. The first kappa shape index (κ1) is 13.5. The Morgan fingerprint density at radius 1 is 1.10 bits per heavy atom. The van der Waals surface area contributed by atoms with E-state index < -0.39 is 0 Å². The highest BCUT2D eigenvalue weighted by Crippen LogP contribution is 2.39. The van der Waals surface area contributed by atoms with Crippen molar-refractivity contribution < 1.29 is 20.1 Å². The third-order valence-corrected chi connectivity index (χ3v) is 3.80. The lowest BCUT2D eigenvalue weighted by atomic mass is 9.93. The van der Waals surface area contributed by atoms with Gasteiger partial charge in [-0.2, -0.15) is 0 Å². The van der Waals surface area contributed by atoms with Crippen LogP contribution in [0, 0.1) is 0 Å². The summed E-state index contributed by atoms with van der Waals surface area (Å²) >= 11 is 0. The molecule has 3 rings (SSSR count). The second-order valence-electron chi connectivity index (χ2n) is 5.07. The first-order chi connectivity index (χ1) is 10.1. The molecule has 1 aliphatic heterocycles. The van der Waals surface area contributed by atoms with Crippen molar-refractivity contribution in [3.8, 4) is 17.2 Å². The quantitative estimate of drug-likeness (QED) is 0.793. The molecule has 0 unspecified atom stereocenters. The van der Waals surface area contributed by atoms with Crippen molar-refractivity contribution in [2.75, 3.05) is 6.61 Å². The molecule has 21 heavy (non-hydrogen) atoms. The second-order valence-corrected chi connectivity index (χ2v) is 5.07. The van der Waals surface area contributed by atoms with Gasteiger partial charge in [0.2, 0.25) is 0 Å². The summed E-state index contributed by atoms with van der Waals surface area (Å²) in [4.78, 5) is 0. The zero-order valence-electron chi connectivity index (χ0n) is 11.6. The predicted molar refractivity (Wildman–Crippen MR) is 80.1 cm³/mol. The molecule has 1 aliphatic rings. The number of ether oxygens (including phenoxy) is 1. The van der Waals surface area contributed by atoms with Crippen molar-refractivity contribution >= 4 is 11.1 Å². The summed E-state index contributed by atoms with van der Waals surface area (Å²) in [6.45, 7) is 2.17. The number of hydrogen-bond donors (Lipinski definition) is 3. The van der Waals surface area contributed by atoms with E-state index in [9.17, 15) is 10.2 Å². The zero-order chi connectivity index (χ0) is 15.0. The van der Waals surface area contributed by atoms with Crippen LogP contribution in [0.4, 0.5) is 0 Å². The van der Waals surface area contributed by atoms with Crippen LogP contribution in [-0.4, -0.2) is 21.9 Å². The van der Waals surface area contributed by atoms with E-state index in [0.29, 0.717) is 12.2 Å². The molecule has 3 N–H and O–H groups in total. The van der Waals surface area contributed by atoms with Crippen LogP contribution in [0.2, 0.25) is 0 Å². The molecule has 1 heterocycles. The van der Waals surface area contributed by atoms with E-state index in [4.69, 9.17) is 9.84 Å². The normalized spacial score (nSPS) is 13.8. The van der Waals surface area contributed by atoms with Crippen molar-refractivity contribution in [3.05, 3.63) is 53.1 Å². The van der Waals surface area contributed by atoms with Crippen molar-refractivity contribution in [1.29, 1.82) is 0 Å². The van der Waals surface area contributed by atoms with Crippen LogP contribution in [0.1, 0.15) is 23.6 Å². The van der Waals surface area contributed by atoms with Gasteiger partial charge in [-0.05, 0) is 42.3 Å².